The Hall–Kier alpha value is -3.02. The minimum atomic E-state index is -0.446. The number of benzene rings is 1. The van der Waals surface area contributed by atoms with E-state index in [1.165, 1.54) is 6.07 Å². The van der Waals surface area contributed by atoms with Crippen molar-refractivity contribution in [1.29, 1.82) is 0 Å². The summed E-state index contributed by atoms with van der Waals surface area (Å²) in [5, 5.41) is 3.00. The highest BCUT2D eigenvalue weighted by Gasteiger charge is 2.38. The first kappa shape index (κ1) is 16.4. The molecule has 1 saturated carbocycles. The van der Waals surface area contributed by atoms with E-state index in [2.05, 4.69) is 10.3 Å². The molecule has 2 heterocycles. The van der Waals surface area contributed by atoms with Gasteiger partial charge in [-0.05, 0) is 55.7 Å². The summed E-state index contributed by atoms with van der Waals surface area (Å²) in [6, 6.07) is 8.34. The Morgan fingerprint density at radius 3 is 2.54 bits per heavy atom. The van der Waals surface area contributed by atoms with Gasteiger partial charge in [0.05, 0.1) is 11.1 Å². The highest BCUT2D eigenvalue weighted by atomic mass is 16.2. The zero-order valence-electron chi connectivity index (χ0n) is 14.5. The highest BCUT2D eigenvalue weighted by Crippen LogP contribution is 2.28. The first-order chi connectivity index (χ1) is 12.5. The van der Waals surface area contributed by atoms with Gasteiger partial charge in [0.15, 0.2) is 0 Å². The molecule has 4 rings (SSSR count). The van der Waals surface area contributed by atoms with Crippen LogP contribution in [0.5, 0.6) is 0 Å². The van der Waals surface area contributed by atoms with E-state index in [1.54, 1.807) is 30.5 Å². The lowest BCUT2D eigenvalue weighted by atomic mass is 10.0. The average molecular weight is 349 g/mol. The third-order valence-electron chi connectivity index (χ3n) is 4.97. The predicted molar refractivity (Wildman–Crippen MR) is 96.3 cm³/mol. The summed E-state index contributed by atoms with van der Waals surface area (Å²) in [4.78, 5) is 43.1. The Labute approximate surface area is 151 Å². The zero-order valence-corrected chi connectivity index (χ0v) is 14.5. The van der Waals surface area contributed by atoms with Gasteiger partial charge in [-0.25, -0.2) is 9.88 Å². The van der Waals surface area contributed by atoms with Crippen molar-refractivity contribution in [1.82, 2.24) is 10.3 Å². The number of aryl methyl sites for hydroxylation is 1. The van der Waals surface area contributed by atoms with E-state index >= 15 is 0 Å². The molecule has 1 N–H and O–H groups in total. The summed E-state index contributed by atoms with van der Waals surface area (Å²) in [7, 11) is 0. The molecule has 6 nitrogen and oxygen atoms in total. The number of rotatable bonds is 3. The number of carbonyl (C=O) groups is 3. The maximum atomic E-state index is 12.8. The van der Waals surface area contributed by atoms with Gasteiger partial charge in [-0.3, -0.25) is 14.4 Å². The van der Waals surface area contributed by atoms with Crippen LogP contribution in [0.3, 0.4) is 0 Å². The van der Waals surface area contributed by atoms with Gasteiger partial charge in [-0.1, -0.05) is 12.8 Å². The molecule has 0 unspecified atom stereocenters. The van der Waals surface area contributed by atoms with Crippen molar-refractivity contribution >= 4 is 23.5 Å². The van der Waals surface area contributed by atoms with E-state index in [9.17, 15) is 14.4 Å². The summed E-state index contributed by atoms with van der Waals surface area (Å²) in [6.07, 6.45) is 5.79. The quantitative estimate of drug-likeness (QED) is 0.864. The molecular formula is C20H19N3O3. The highest BCUT2D eigenvalue weighted by molar-refractivity contribution is 6.34. The number of anilines is 1. The van der Waals surface area contributed by atoms with Gasteiger partial charge in [-0.15, -0.1) is 0 Å². The van der Waals surface area contributed by atoms with Crippen LogP contribution in [0.1, 0.15) is 62.3 Å². The van der Waals surface area contributed by atoms with Crippen LogP contribution in [-0.4, -0.2) is 28.7 Å². The molecule has 1 aliphatic heterocycles. The Bertz CT molecular complexity index is 916. The number of imide groups is 1. The molecule has 1 aromatic carbocycles. The summed E-state index contributed by atoms with van der Waals surface area (Å²) in [5.41, 5.74) is 1.85. The van der Waals surface area contributed by atoms with Crippen LogP contribution in [-0.2, 0) is 0 Å². The number of amides is 3. The van der Waals surface area contributed by atoms with Gasteiger partial charge in [-0.2, -0.15) is 0 Å². The van der Waals surface area contributed by atoms with Crippen molar-refractivity contribution in [2.45, 2.75) is 38.6 Å². The third-order valence-corrected chi connectivity index (χ3v) is 4.97. The Kier molecular flexibility index (Phi) is 4.03. The maximum Gasteiger partial charge on any atom is 0.267 e. The smallest absolute Gasteiger partial charge is 0.267 e. The Morgan fingerprint density at radius 1 is 1.08 bits per heavy atom. The first-order valence-corrected chi connectivity index (χ1v) is 8.81. The van der Waals surface area contributed by atoms with E-state index in [1.807, 2.05) is 6.92 Å². The molecule has 1 fully saturated rings. The molecule has 1 aromatic heterocycles. The van der Waals surface area contributed by atoms with Gasteiger partial charge in [0.1, 0.15) is 5.82 Å². The van der Waals surface area contributed by atoms with Crippen LogP contribution in [0, 0.1) is 6.92 Å². The van der Waals surface area contributed by atoms with E-state index in [4.69, 9.17) is 0 Å². The number of hydrogen-bond donors (Lipinski definition) is 1. The monoisotopic (exact) mass is 349 g/mol. The van der Waals surface area contributed by atoms with Crippen LogP contribution >= 0.6 is 0 Å². The number of nitrogens with one attached hydrogen (secondary N) is 1. The van der Waals surface area contributed by atoms with Gasteiger partial charge < -0.3 is 5.32 Å². The van der Waals surface area contributed by atoms with Crippen molar-refractivity contribution in [2.24, 2.45) is 0 Å². The molecular weight excluding hydrogens is 330 g/mol. The van der Waals surface area contributed by atoms with Crippen molar-refractivity contribution in [2.75, 3.05) is 4.90 Å². The van der Waals surface area contributed by atoms with Gasteiger partial charge in [0.25, 0.3) is 17.7 Å². The van der Waals surface area contributed by atoms with Crippen LogP contribution in [0.2, 0.25) is 0 Å². The minimum Gasteiger partial charge on any atom is -0.349 e. The molecule has 1 aliphatic carbocycles. The topological polar surface area (TPSA) is 79.4 Å². The molecule has 0 radical (unpaired) electrons. The molecule has 2 aliphatic rings. The Balaban J connectivity index is 1.62. The van der Waals surface area contributed by atoms with Crippen LogP contribution in [0.25, 0.3) is 0 Å². The zero-order chi connectivity index (χ0) is 18.3. The maximum absolute atomic E-state index is 12.8. The summed E-state index contributed by atoms with van der Waals surface area (Å²) < 4.78 is 0. The van der Waals surface area contributed by atoms with Crippen molar-refractivity contribution in [3.8, 4) is 0 Å². The summed E-state index contributed by atoms with van der Waals surface area (Å²) in [5.74, 6) is -0.760. The molecule has 0 spiro atoms. The average Bonchev–Trinajstić information content (AvgIpc) is 3.22. The third kappa shape index (κ3) is 2.77. The summed E-state index contributed by atoms with van der Waals surface area (Å²) >= 11 is 0. The Morgan fingerprint density at radius 2 is 1.81 bits per heavy atom. The second kappa shape index (κ2) is 6.37. The van der Waals surface area contributed by atoms with E-state index in [0.717, 1.165) is 36.1 Å². The molecule has 132 valence electrons. The first-order valence-electron chi connectivity index (χ1n) is 8.81. The molecule has 3 amide bonds. The van der Waals surface area contributed by atoms with Crippen molar-refractivity contribution in [3.05, 3.63) is 58.8 Å². The fraction of sp³-hybridized carbons (Fsp3) is 0.300. The number of nitrogens with zero attached hydrogens (tertiary/aromatic N) is 2. The van der Waals surface area contributed by atoms with Gasteiger partial charge in [0.2, 0.25) is 0 Å². The standard InChI is InChI=1S/C20H19N3O3/c1-12-8-9-21-17(10-12)23-19(25)15-7-6-13(11-16(15)20(23)26)18(24)22-14-4-2-3-5-14/h6-11,14H,2-5H2,1H3,(H,22,24). The van der Waals surface area contributed by atoms with Gasteiger partial charge in [0, 0.05) is 17.8 Å². The van der Waals surface area contributed by atoms with E-state index < -0.39 is 11.8 Å². The van der Waals surface area contributed by atoms with Crippen LogP contribution in [0.15, 0.2) is 36.5 Å². The van der Waals surface area contributed by atoms with Crippen LogP contribution in [0.4, 0.5) is 5.82 Å². The lowest BCUT2D eigenvalue weighted by Crippen LogP contribution is -2.32. The normalized spacial score (nSPS) is 16.9. The molecule has 0 bridgehead atoms. The fourth-order valence-corrected chi connectivity index (χ4v) is 3.57. The molecule has 2 aromatic rings. The van der Waals surface area contributed by atoms with E-state index in [-0.39, 0.29) is 17.5 Å². The minimum absolute atomic E-state index is 0.195. The van der Waals surface area contributed by atoms with Crippen molar-refractivity contribution < 1.29 is 14.4 Å². The van der Waals surface area contributed by atoms with Crippen molar-refractivity contribution in [3.63, 3.8) is 0 Å². The van der Waals surface area contributed by atoms with Crippen LogP contribution < -0.4 is 10.2 Å². The van der Waals surface area contributed by atoms with E-state index in [0.29, 0.717) is 16.9 Å². The lowest BCUT2D eigenvalue weighted by molar-refractivity contribution is 0.0920. The number of fused-ring (bicyclic) bond motifs is 1. The second-order valence-corrected chi connectivity index (χ2v) is 6.85. The number of pyridine rings is 1. The lowest BCUT2D eigenvalue weighted by Gasteiger charge is -2.12. The molecule has 26 heavy (non-hydrogen) atoms. The molecule has 0 saturated heterocycles. The molecule has 6 heteroatoms. The largest absolute Gasteiger partial charge is 0.349 e. The molecule has 0 atom stereocenters. The second-order valence-electron chi connectivity index (χ2n) is 6.85. The number of carbonyl (C=O) groups excluding carboxylic acids is 3. The van der Waals surface area contributed by atoms with Gasteiger partial charge >= 0.3 is 0 Å². The number of aromatic nitrogens is 1. The summed E-state index contributed by atoms with van der Waals surface area (Å²) in [6.45, 7) is 1.87. The predicted octanol–water partition coefficient (Wildman–Crippen LogP) is 2.86. The number of hydrogen-bond acceptors (Lipinski definition) is 4. The SMILES string of the molecule is Cc1ccnc(N2C(=O)c3ccc(C(=O)NC4CCCC4)cc3C2=O)c1. The fourth-order valence-electron chi connectivity index (χ4n) is 3.57.